The molecule has 108 valence electrons. The van der Waals surface area contributed by atoms with Gasteiger partial charge in [0.1, 0.15) is 12.0 Å². The van der Waals surface area contributed by atoms with E-state index in [2.05, 4.69) is 22.3 Å². The van der Waals surface area contributed by atoms with Crippen LogP contribution in [-0.4, -0.2) is 22.8 Å². The molecule has 0 bridgehead atoms. The third kappa shape index (κ3) is 4.48. The van der Waals surface area contributed by atoms with Crippen LogP contribution in [0, 0.1) is 18.8 Å². The van der Waals surface area contributed by atoms with Gasteiger partial charge < -0.3 is 14.9 Å². The number of aliphatic hydroxyl groups is 1. The van der Waals surface area contributed by atoms with Crippen LogP contribution in [0.5, 0.6) is 0 Å². The van der Waals surface area contributed by atoms with Crippen LogP contribution in [0.2, 0.25) is 0 Å². The average Bonchev–Trinajstić information content (AvgIpc) is 2.98. The number of nitrogens with zero attached hydrogens (tertiary/aromatic N) is 1. The number of nitrogens with one attached hydrogen (secondary N) is 1. The zero-order chi connectivity index (χ0) is 15.1. The zero-order valence-electron chi connectivity index (χ0n) is 11.7. The molecule has 0 saturated carbocycles. The second kappa shape index (κ2) is 7.27. The summed E-state index contributed by atoms with van der Waals surface area (Å²) >= 11 is 0. The van der Waals surface area contributed by atoms with Crippen LogP contribution in [0.4, 0.5) is 0 Å². The Balaban J connectivity index is 2.08. The molecule has 0 fully saturated rings. The predicted molar refractivity (Wildman–Crippen MR) is 77.4 cm³/mol. The summed E-state index contributed by atoms with van der Waals surface area (Å²) in [7, 11) is 0. The maximum absolute atomic E-state index is 12.1. The van der Waals surface area contributed by atoms with E-state index in [4.69, 9.17) is 9.63 Å². The maximum Gasteiger partial charge on any atom is 0.251 e. The van der Waals surface area contributed by atoms with Crippen LogP contribution in [0.15, 0.2) is 35.1 Å². The molecule has 0 atom stereocenters. The zero-order valence-corrected chi connectivity index (χ0v) is 11.7. The lowest BCUT2D eigenvalue weighted by Gasteiger charge is -2.05. The van der Waals surface area contributed by atoms with Crippen molar-refractivity contribution >= 4 is 5.91 Å². The molecule has 21 heavy (non-hydrogen) atoms. The Kier molecular flexibility index (Phi) is 5.13. The molecule has 0 unspecified atom stereocenters. The average molecular weight is 284 g/mol. The first-order valence-corrected chi connectivity index (χ1v) is 6.58. The van der Waals surface area contributed by atoms with Crippen molar-refractivity contribution in [2.45, 2.75) is 19.9 Å². The van der Waals surface area contributed by atoms with Gasteiger partial charge in [-0.1, -0.05) is 17.0 Å². The predicted octanol–water partition coefficient (Wildman–Crippen LogP) is 1.65. The van der Waals surface area contributed by atoms with Gasteiger partial charge >= 0.3 is 0 Å². The second-order valence-corrected chi connectivity index (χ2v) is 4.54. The molecule has 0 aliphatic rings. The van der Waals surface area contributed by atoms with Gasteiger partial charge in [-0.15, -0.1) is 0 Å². The van der Waals surface area contributed by atoms with Crippen molar-refractivity contribution in [2.75, 3.05) is 6.61 Å². The Labute approximate surface area is 123 Å². The van der Waals surface area contributed by atoms with E-state index >= 15 is 0 Å². The fourth-order valence-corrected chi connectivity index (χ4v) is 1.81. The first-order chi connectivity index (χ1) is 10.2. The largest absolute Gasteiger partial charge is 0.395 e. The number of benzene rings is 1. The minimum Gasteiger partial charge on any atom is -0.395 e. The molecule has 5 nitrogen and oxygen atoms in total. The van der Waals surface area contributed by atoms with E-state index in [1.165, 1.54) is 6.26 Å². The lowest BCUT2D eigenvalue weighted by molar-refractivity contribution is 0.0950. The minimum absolute atomic E-state index is 0.0316. The first-order valence-electron chi connectivity index (χ1n) is 6.58. The molecular formula is C16H16N2O3. The Bertz CT molecular complexity index is 667. The van der Waals surface area contributed by atoms with Crippen molar-refractivity contribution in [1.82, 2.24) is 10.5 Å². The number of amides is 1. The lowest BCUT2D eigenvalue weighted by Crippen LogP contribution is -2.23. The highest BCUT2D eigenvalue weighted by atomic mass is 16.5. The molecule has 0 spiro atoms. The number of aryl methyl sites for hydroxylation is 1. The summed E-state index contributed by atoms with van der Waals surface area (Å²) in [6.45, 7) is 2.25. The van der Waals surface area contributed by atoms with Crippen molar-refractivity contribution in [3.05, 3.63) is 52.9 Å². The highest BCUT2D eigenvalue weighted by Gasteiger charge is 2.07. The second-order valence-electron chi connectivity index (χ2n) is 4.54. The standard InChI is InChI=1S/C16H16N2O3/c1-12-8-13(4-2-3-6-19)10-14(9-12)16(20)17-11-15-5-7-21-18-15/h5,7-10,19H,3,6,11H2,1H3,(H,17,20). The van der Waals surface area contributed by atoms with Gasteiger partial charge in [-0.05, 0) is 30.7 Å². The van der Waals surface area contributed by atoms with Crippen LogP contribution in [-0.2, 0) is 6.54 Å². The van der Waals surface area contributed by atoms with Gasteiger partial charge in [-0.3, -0.25) is 4.79 Å². The monoisotopic (exact) mass is 284 g/mol. The third-order valence-corrected chi connectivity index (χ3v) is 2.73. The van der Waals surface area contributed by atoms with Gasteiger partial charge in [0, 0.05) is 23.6 Å². The topological polar surface area (TPSA) is 75.4 Å². The van der Waals surface area contributed by atoms with Gasteiger partial charge in [0.15, 0.2) is 0 Å². The number of aromatic nitrogens is 1. The summed E-state index contributed by atoms with van der Waals surface area (Å²) in [5, 5.41) is 15.2. The molecule has 1 aromatic carbocycles. The number of carbonyl (C=O) groups is 1. The summed E-state index contributed by atoms with van der Waals surface area (Å²) in [6, 6.07) is 7.13. The van der Waals surface area contributed by atoms with Gasteiger partial charge in [0.2, 0.25) is 0 Å². The Morgan fingerprint density at radius 2 is 2.29 bits per heavy atom. The molecule has 0 radical (unpaired) electrons. The third-order valence-electron chi connectivity index (χ3n) is 2.73. The first kappa shape index (κ1) is 14.8. The van der Waals surface area contributed by atoms with Crippen molar-refractivity contribution in [3.8, 4) is 11.8 Å². The summed E-state index contributed by atoms with van der Waals surface area (Å²) in [5.74, 6) is 5.59. The van der Waals surface area contributed by atoms with Crippen LogP contribution in [0.25, 0.3) is 0 Å². The van der Waals surface area contributed by atoms with Crippen LogP contribution < -0.4 is 5.32 Å². The smallest absolute Gasteiger partial charge is 0.251 e. The Morgan fingerprint density at radius 1 is 1.43 bits per heavy atom. The van der Waals surface area contributed by atoms with E-state index in [1.54, 1.807) is 18.2 Å². The number of carbonyl (C=O) groups excluding carboxylic acids is 1. The van der Waals surface area contributed by atoms with E-state index in [1.807, 2.05) is 13.0 Å². The van der Waals surface area contributed by atoms with E-state index < -0.39 is 0 Å². The van der Waals surface area contributed by atoms with Crippen LogP contribution in [0.3, 0.4) is 0 Å². The SMILES string of the molecule is Cc1cc(C#CCCO)cc(C(=O)NCc2ccon2)c1. The molecule has 5 heteroatoms. The van der Waals surface area contributed by atoms with Crippen molar-refractivity contribution in [3.63, 3.8) is 0 Å². The lowest BCUT2D eigenvalue weighted by atomic mass is 10.1. The minimum atomic E-state index is -0.188. The Morgan fingerprint density at radius 3 is 3.00 bits per heavy atom. The highest BCUT2D eigenvalue weighted by molar-refractivity contribution is 5.94. The molecule has 1 heterocycles. The van der Waals surface area contributed by atoms with Gasteiger partial charge in [0.05, 0.1) is 13.2 Å². The molecule has 0 aliphatic carbocycles. The van der Waals surface area contributed by atoms with Gasteiger partial charge in [-0.25, -0.2) is 0 Å². The van der Waals surface area contributed by atoms with E-state index in [9.17, 15) is 4.79 Å². The van der Waals surface area contributed by atoms with Gasteiger partial charge in [0.25, 0.3) is 5.91 Å². The fourth-order valence-electron chi connectivity index (χ4n) is 1.81. The Hall–Kier alpha value is -2.58. The summed E-state index contributed by atoms with van der Waals surface area (Å²) in [5.41, 5.74) is 2.93. The quantitative estimate of drug-likeness (QED) is 0.837. The number of aliphatic hydroxyl groups excluding tert-OH is 1. The highest BCUT2D eigenvalue weighted by Crippen LogP contribution is 2.09. The van der Waals surface area contributed by atoms with E-state index in [-0.39, 0.29) is 12.5 Å². The number of hydrogen-bond acceptors (Lipinski definition) is 4. The normalized spacial score (nSPS) is 9.81. The van der Waals surface area contributed by atoms with E-state index in [0.717, 1.165) is 11.1 Å². The summed E-state index contributed by atoms with van der Waals surface area (Å²) < 4.78 is 4.71. The molecule has 1 amide bonds. The maximum atomic E-state index is 12.1. The molecule has 2 rings (SSSR count). The molecule has 0 saturated heterocycles. The van der Waals surface area contributed by atoms with Crippen molar-refractivity contribution < 1.29 is 14.4 Å². The number of hydrogen-bond donors (Lipinski definition) is 2. The number of rotatable bonds is 4. The van der Waals surface area contributed by atoms with Crippen LogP contribution >= 0.6 is 0 Å². The van der Waals surface area contributed by atoms with Crippen molar-refractivity contribution in [1.29, 1.82) is 0 Å². The molecule has 0 aliphatic heterocycles. The molecular weight excluding hydrogens is 268 g/mol. The van der Waals surface area contributed by atoms with Crippen LogP contribution in [0.1, 0.15) is 33.6 Å². The fraction of sp³-hybridized carbons (Fsp3) is 0.250. The summed E-state index contributed by atoms with van der Waals surface area (Å²) in [4.78, 5) is 12.1. The molecule has 2 N–H and O–H groups in total. The molecule has 2 aromatic rings. The van der Waals surface area contributed by atoms with Crippen molar-refractivity contribution in [2.24, 2.45) is 0 Å². The molecule has 1 aromatic heterocycles. The van der Waals surface area contributed by atoms with E-state index in [0.29, 0.717) is 24.2 Å². The summed E-state index contributed by atoms with van der Waals surface area (Å²) in [6.07, 6.45) is 1.88. The van der Waals surface area contributed by atoms with Gasteiger partial charge in [-0.2, -0.15) is 0 Å².